The number of halogens is 1. The van der Waals surface area contributed by atoms with Gasteiger partial charge in [-0.15, -0.1) is 10.2 Å². The minimum absolute atomic E-state index is 0.108. The monoisotopic (exact) mass is 369 g/mol. The molecule has 0 saturated heterocycles. The van der Waals surface area contributed by atoms with Gasteiger partial charge in [-0.3, -0.25) is 4.79 Å². The van der Waals surface area contributed by atoms with Gasteiger partial charge in [0.2, 0.25) is 0 Å². The Morgan fingerprint density at radius 1 is 1.04 bits per heavy atom. The zero-order valence-electron chi connectivity index (χ0n) is 13.6. The predicted octanol–water partition coefficient (Wildman–Crippen LogP) is 4.70. The standard InChI is InChI=1S/C19H16ClN3OS/c1-23(15-10-6-3-7-11-15)19(24)16-12-17(21-22-18(16)20)25-13-14-8-4-2-5-9-14/h2-12H,13H2,1H3. The summed E-state index contributed by atoms with van der Waals surface area (Å²) in [7, 11) is 1.71. The molecule has 2 aromatic carbocycles. The van der Waals surface area contributed by atoms with E-state index in [4.69, 9.17) is 11.6 Å². The van der Waals surface area contributed by atoms with Crippen LogP contribution in [0.3, 0.4) is 0 Å². The molecule has 0 radical (unpaired) electrons. The Labute approximate surface area is 155 Å². The Morgan fingerprint density at radius 3 is 2.36 bits per heavy atom. The summed E-state index contributed by atoms with van der Waals surface area (Å²) in [5.74, 6) is 0.534. The third-order valence-electron chi connectivity index (χ3n) is 3.63. The van der Waals surface area contributed by atoms with Crippen LogP contribution in [0, 0.1) is 0 Å². The quantitative estimate of drug-likeness (QED) is 0.611. The fraction of sp³-hybridized carbons (Fsp3) is 0.105. The molecule has 0 atom stereocenters. The van der Waals surface area contributed by atoms with Crippen molar-refractivity contribution in [2.24, 2.45) is 0 Å². The minimum Gasteiger partial charge on any atom is -0.311 e. The molecule has 0 spiro atoms. The Balaban J connectivity index is 1.78. The van der Waals surface area contributed by atoms with Crippen molar-refractivity contribution in [3.05, 3.63) is 83.0 Å². The number of nitrogens with zero attached hydrogens (tertiary/aromatic N) is 3. The summed E-state index contributed by atoms with van der Waals surface area (Å²) in [6.07, 6.45) is 0. The van der Waals surface area contributed by atoms with Crippen molar-refractivity contribution in [1.29, 1.82) is 0 Å². The molecule has 1 amide bonds. The van der Waals surface area contributed by atoms with Gasteiger partial charge in [0.25, 0.3) is 5.91 Å². The lowest BCUT2D eigenvalue weighted by atomic mass is 10.2. The molecule has 3 aromatic rings. The van der Waals surface area contributed by atoms with E-state index in [2.05, 4.69) is 10.2 Å². The molecule has 0 fully saturated rings. The first-order valence-corrected chi connectivity index (χ1v) is 9.04. The number of carbonyl (C=O) groups is 1. The fourth-order valence-corrected chi connectivity index (χ4v) is 3.24. The second-order valence-electron chi connectivity index (χ2n) is 5.36. The fourth-order valence-electron chi connectivity index (χ4n) is 2.26. The highest BCUT2D eigenvalue weighted by Gasteiger charge is 2.19. The molecule has 4 nitrogen and oxygen atoms in total. The van der Waals surface area contributed by atoms with Crippen molar-refractivity contribution in [2.45, 2.75) is 10.8 Å². The smallest absolute Gasteiger partial charge is 0.261 e. The maximum Gasteiger partial charge on any atom is 0.261 e. The van der Waals surface area contributed by atoms with E-state index in [1.807, 2.05) is 60.7 Å². The molecule has 25 heavy (non-hydrogen) atoms. The largest absolute Gasteiger partial charge is 0.311 e. The number of para-hydroxylation sites is 1. The number of rotatable bonds is 5. The van der Waals surface area contributed by atoms with E-state index in [1.54, 1.807) is 18.0 Å². The maximum absolute atomic E-state index is 12.8. The van der Waals surface area contributed by atoms with Crippen LogP contribution in [0.5, 0.6) is 0 Å². The van der Waals surface area contributed by atoms with E-state index in [1.165, 1.54) is 17.3 Å². The van der Waals surface area contributed by atoms with E-state index in [0.717, 1.165) is 11.4 Å². The first kappa shape index (κ1) is 17.5. The van der Waals surface area contributed by atoms with Crippen molar-refractivity contribution in [2.75, 3.05) is 11.9 Å². The second-order valence-corrected chi connectivity index (χ2v) is 6.71. The van der Waals surface area contributed by atoms with Crippen LogP contribution < -0.4 is 4.90 Å². The summed E-state index contributed by atoms with van der Waals surface area (Å²) in [6, 6.07) is 21.2. The highest BCUT2D eigenvalue weighted by atomic mass is 35.5. The lowest BCUT2D eigenvalue weighted by Gasteiger charge is -2.17. The third-order valence-corrected chi connectivity index (χ3v) is 4.89. The number of amides is 1. The average molecular weight is 370 g/mol. The molecular formula is C19H16ClN3OS. The lowest BCUT2D eigenvalue weighted by Crippen LogP contribution is -2.26. The highest BCUT2D eigenvalue weighted by Crippen LogP contribution is 2.25. The van der Waals surface area contributed by atoms with Gasteiger partial charge < -0.3 is 4.90 Å². The van der Waals surface area contributed by atoms with Gasteiger partial charge in [0.15, 0.2) is 5.15 Å². The summed E-state index contributed by atoms with van der Waals surface area (Å²) < 4.78 is 0. The SMILES string of the molecule is CN(C(=O)c1cc(SCc2ccccc2)nnc1Cl)c1ccccc1. The number of hydrogen-bond donors (Lipinski definition) is 0. The van der Waals surface area contributed by atoms with Crippen LogP contribution in [0.25, 0.3) is 0 Å². The minimum atomic E-state index is -0.215. The predicted molar refractivity (Wildman–Crippen MR) is 102 cm³/mol. The lowest BCUT2D eigenvalue weighted by molar-refractivity contribution is 0.0992. The zero-order valence-corrected chi connectivity index (χ0v) is 15.2. The number of anilines is 1. The van der Waals surface area contributed by atoms with Gasteiger partial charge in [-0.05, 0) is 23.8 Å². The first-order chi connectivity index (χ1) is 12.1. The molecule has 6 heteroatoms. The molecule has 0 aliphatic heterocycles. The van der Waals surface area contributed by atoms with Crippen molar-refractivity contribution >= 4 is 35.0 Å². The summed E-state index contributed by atoms with van der Waals surface area (Å²) in [5, 5.41) is 8.79. The topological polar surface area (TPSA) is 46.1 Å². The summed E-state index contributed by atoms with van der Waals surface area (Å²) in [6.45, 7) is 0. The van der Waals surface area contributed by atoms with Gasteiger partial charge in [-0.25, -0.2) is 0 Å². The van der Waals surface area contributed by atoms with Crippen LogP contribution in [-0.2, 0) is 5.75 Å². The van der Waals surface area contributed by atoms with Gasteiger partial charge in [0.1, 0.15) is 5.03 Å². The van der Waals surface area contributed by atoms with Gasteiger partial charge in [-0.2, -0.15) is 0 Å². The van der Waals surface area contributed by atoms with Crippen molar-refractivity contribution in [3.63, 3.8) is 0 Å². The van der Waals surface area contributed by atoms with Gasteiger partial charge in [-0.1, -0.05) is 71.9 Å². The molecular weight excluding hydrogens is 354 g/mol. The van der Waals surface area contributed by atoms with E-state index in [9.17, 15) is 4.79 Å². The normalized spacial score (nSPS) is 10.5. The molecule has 0 saturated carbocycles. The van der Waals surface area contributed by atoms with Gasteiger partial charge in [0.05, 0.1) is 5.56 Å². The van der Waals surface area contributed by atoms with Crippen molar-refractivity contribution in [3.8, 4) is 0 Å². The molecule has 1 heterocycles. The van der Waals surface area contributed by atoms with Crippen LogP contribution in [0.15, 0.2) is 71.8 Å². The van der Waals surface area contributed by atoms with Crippen molar-refractivity contribution in [1.82, 2.24) is 10.2 Å². The summed E-state index contributed by atoms with van der Waals surface area (Å²) in [4.78, 5) is 14.3. The average Bonchev–Trinajstić information content (AvgIpc) is 2.67. The Kier molecular flexibility index (Phi) is 5.68. The van der Waals surface area contributed by atoms with Crippen LogP contribution in [0.2, 0.25) is 5.15 Å². The molecule has 0 unspecified atom stereocenters. The highest BCUT2D eigenvalue weighted by molar-refractivity contribution is 7.98. The third kappa shape index (κ3) is 4.38. The number of aromatic nitrogens is 2. The Hall–Kier alpha value is -2.37. The first-order valence-electron chi connectivity index (χ1n) is 7.68. The Bertz CT molecular complexity index is 859. The van der Waals surface area contributed by atoms with Crippen LogP contribution in [-0.4, -0.2) is 23.2 Å². The van der Waals surface area contributed by atoms with Gasteiger partial charge >= 0.3 is 0 Å². The van der Waals surface area contributed by atoms with Gasteiger partial charge in [0, 0.05) is 18.5 Å². The zero-order chi connectivity index (χ0) is 17.6. The summed E-state index contributed by atoms with van der Waals surface area (Å²) >= 11 is 7.63. The Morgan fingerprint density at radius 2 is 1.68 bits per heavy atom. The molecule has 0 aliphatic rings. The summed E-state index contributed by atoms with van der Waals surface area (Å²) in [5.41, 5.74) is 2.32. The van der Waals surface area contributed by atoms with Crippen molar-refractivity contribution < 1.29 is 4.79 Å². The molecule has 0 aliphatic carbocycles. The van der Waals surface area contributed by atoms with E-state index in [0.29, 0.717) is 10.6 Å². The van der Waals surface area contributed by atoms with E-state index in [-0.39, 0.29) is 11.1 Å². The van der Waals surface area contributed by atoms with E-state index >= 15 is 0 Å². The molecule has 126 valence electrons. The molecule has 0 N–H and O–H groups in total. The molecule has 0 bridgehead atoms. The molecule has 3 rings (SSSR count). The maximum atomic E-state index is 12.8. The number of benzene rings is 2. The van der Waals surface area contributed by atoms with Crippen LogP contribution >= 0.6 is 23.4 Å². The van der Waals surface area contributed by atoms with Crippen LogP contribution in [0.1, 0.15) is 15.9 Å². The van der Waals surface area contributed by atoms with E-state index < -0.39 is 0 Å². The molecule has 1 aromatic heterocycles. The number of hydrogen-bond acceptors (Lipinski definition) is 4. The number of thioether (sulfide) groups is 1. The van der Waals surface area contributed by atoms with Crippen LogP contribution in [0.4, 0.5) is 5.69 Å². The number of carbonyl (C=O) groups excluding carboxylic acids is 1. The second kappa shape index (κ2) is 8.14.